The first-order valence-corrected chi connectivity index (χ1v) is 6.78. The summed E-state index contributed by atoms with van der Waals surface area (Å²) in [4.78, 5) is 20.2. The summed E-state index contributed by atoms with van der Waals surface area (Å²) < 4.78 is 0. The fraction of sp³-hybridized carbons (Fsp3) is 0.857. The number of rotatable bonds is 8. The van der Waals surface area contributed by atoms with Gasteiger partial charge in [-0.3, -0.25) is 0 Å². The molecule has 0 aromatic rings. The molecule has 0 aliphatic heterocycles. The third kappa shape index (κ3) is 17.4. The second kappa shape index (κ2) is 15.5. The molecule has 5 heteroatoms. The molecule has 1 radical (unpaired) electrons. The van der Waals surface area contributed by atoms with E-state index in [0.717, 1.165) is 38.5 Å². The average Bonchev–Trinajstić information content (AvgIpc) is 2.33. The van der Waals surface area contributed by atoms with Crippen molar-refractivity contribution in [3.05, 3.63) is 0 Å². The third-order valence-electron chi connectivity index (χ3n) is 2.79. The van der Waals surface area contributed by atoms with Crippen molar-refractivity contribution in [2.75, 3.05) is 0 Å². The van der Waals surface area contributed by atoms with Gasteiger partial charge in [0, 0.05) is 11.9 Å². The summed E-state index contributed by atoms with van der Waals surface area (Å²) in [6.45, 7) is 7.46. The first-order valence-electron chi connectivity index (χ1n) is 6.78. The number of aliphatic carboxylic acids is 2. The maximum Gasteiger partial charge on any atom is 2.00 e. The molecule has 0 aliphatic carbocycles. The van der Waals surface area contributed by atoms with Crippen molar-refractivity contribution in [1.82, 2.24) is 0 Å². The zero-order valence-electron chi connectivity index (χ0n) is 12.4. The molecular formula is C14H26CoO4. The van der Waals surface area contributed by atoms with Gasteiger partial charge in [-0.1, -0.05) is 53.4 Å². The molecule has 0 amide bonds. The molecule has 0 bridgehead atoms. The van der Waals surface area contributed by atoms with Gasteiger partial charge in [0.25, 0.3) is 0 Å². The number of unbranched alkanes of at least 4 members (excludes halogenated alkanes) is 2. The van der Waals surface area contributed by atoms with Crippen LogP contribution in [0, 0.1) is 11.8 Å². The Morgan fingerprint density at radius 3 is 1.26 bits per heavy atom. The molecule has 0 fully saturated rings. The van der Waals surface area contributed by atoms with E-state index < -0.39 is 11.9 Å². The SMILES string of the molecule is CCCCC(C)C(=O)[O-].CCCCC(C)C(=O)[O-].[Co+2]. The molecule has 2 unspecified atom stereocenters. The maximum atomic E-state index is 10.1. The van der Waals surface area contributed by atoms with E-state index in [1.165, 1.54) is 0 Å². The number of hydrogen-bond acceptors (Lipinski definition) is 4. The third-order valence-corrected chi connectivity index (χ3v) is 2.79. The normalized spacial score (nSPS) is 12.4. The first kappa shape index (κ1) is 23.5. The Bertz CT molecular complexity index is 207. The van der Waals surface area contributed by atoms with Gasteiger partial charge in [-0.25, -0.2) is 0 Å². The molecule has 0 saturated heterocycles. The zero-order chi connectivity index (χ0) is 14.6. The second-order valence-electron chi connectivity index (χ2n) is 4.72. The maximum absolute atomic E-state index is 10.1. The number of hydrogen-bond donors (Lipinski definition) is 0. The number of carbonyl (C=O) groups excluding carboxylic acids is 2. The van der Waals surface area contributed by atoms with Crippen molar-refractivity contribution in [3.8, 4) is 0 Å². The van der Waals surface area contributed by atoms with Crippen LogP contribution in [0.5, 0.6) is 0 Å². The standard InChI is InChI=1S/2C7H14O2.Co/c2*1-3-4-5-6(2)7(8)9;/h2*6H,3-5H2,1-2H3,(H,8,9);/q;;+2/p-2. The molecule has 4 nitrogen and oxygen atoms in total. The van der Waals surface area contributed by atoms with Gasteiger partial charge in [-0.2, -0.15) is 0 Å². The molecule has 2 atom stereocenters. The quantitative estimate of drug-likeness (QED) is 0.672. The summed E-state index contributed by atoms with van der Waals surface area (Å²) in [5.74, 6) is -2.40. The Kier molecular flexibility index (Phi) is 19.2. The van der Waals surface area contributed by atoms with Crippen LogP contribution in [-0.2, 0) is 26.4 Å². The molecule has 0 rings (SSSR count). The number of carboxylic acid groups (broad SMARTS) is 2. The average molecular weight is 317 g/mol. The Labute approximate surface area is 127 Å². The van der Waals surface area contributed by atoms with Crippen LogP contribution in [0.4, 0.5) is 0 Å². The van der Waals surface area contributed by atoms with Crippen LogP contribution in [0.1, 0.15) is 66.2 Å². The van der Waals surface area contributed by atoms with E-state index >= 15 is 0 Å². The largest absolute Gasteiger partial charge is 2.00 e. The first-order chi connectivity index (χ1) is 8.36. The van der Waals surface area contributed by atoms with E-state index in [2.05, 4.69) is 0 Å². The second-order valence-corrected chi connectivity index (χ2v) is 4.72. The van der Waals surface area contributed by atoms with Crippen molar-refractivity contribution in [2.24, 2.45) is 11.8 Å². The van der Waals surface area contributed by atoms with Crippen LogP contribution in [0.3, 0.4) is 0 Å². The van der Waals surface area contributed by atoms with E-state index in [0.29, 0.717) is 0 Å². The van der Waals surface area contributed by atoms with E-state index in [4.69, 9.17) is 0 Å². The van der Waals surface area contributed by atoms with Crippen molar-refractivity contribution >= 4 is 11.9 Å². The van der Waals surface area contributed by atoms with Crippen molar-refractivity contribution in [1.29, 1.82) is 0 Å². The Hall–Kier alpha value is -0.554. The van der Waals surface area contributed by atoms with Gasteiger partial charge < -0.3 is 19.8 Å². The molecule has 0 saturated carbocycles. The van der Waals surface area contributed by atoms with Crippen LogP contribution in [0.15, 0.2) is 0 Å². The predicted molar refractivity (Wildman–Crippen MR) is 67.4 cm³/mol. The summed E-state index contributed by atoms with van der Waals surface area (Å²) in [7, 11) is 0. The van der Waals surface area contributed by atoms with Crippen LogP contribution in [0.25, 0.3) is 0 Å². The van der Waals surface area contributed by atoms with Crippen molar-refractivity contribution in [2.45, 2.75) is 66.2 Å². The van der Waals surface area contributed by atoms with Gasteiger partial charge in [-0.05, 0) is 24.7 Å². The summed E-state index contributed by atoms with van der Waals surface area (Å²) >= 11 is 0. The molecule has 115 valence electrons. The van der Waals surface area contributed by atoms with Crippen LogP contribution < -0.4 is 10.2 Å². The molecule has 0 spiro atoms. The summed E-state index contributed by atoms with van der Waals surface area (Å²) in [6, 6.07) is 0. The Morgan fingerprint density at radius 1 is 0.842 bits per heavy atom. The van der Waals surface area contributed by atoms with Gasteiger partial charge in [0.15, 0.2) is 0 Å². The molecular weight excluding hydrogens is 291 g/mol. The minimum Gasteiger partial charge on any atom is -0.550 e. The monoisotopic (exact) mass is 317 g/mol. The summed E-state index contributed by atoms with van der Waals surface area (Å²) in [5, 5.41) is 20.2. The van der Waals surface area contributed by atoms with E-state index in [9.17, 15) is 19.8 Å². The van der Waals surface area contributed by atoms with Gasteiger partial charge in [0.2, 0.25) is 0 Å². The van der Waals surface area contributed by atoms with Gasteiger partial charge >= 0.3 is 16.8 Å². The van der Waals surface area contributed by atoms with Crippen LogP contribution in [0.2, 0.25) is 0 Å². The van der Waals surface area contributed by atoms with Gasteiger partial charge in [-0.15, -0.1) is 0 Å². The molecule has 0 aromatic carbocycles. The summed E-state index contributed by atoms with van der Waals surface area (Å²) in [6.07, 6.45) is 5.57. The molecule has 0 heterocycles. The Morgan fingerprint density at radius 2 is 1.11 bits per heavy atom. The van der Waals surface area contributed by atoms with E-state index in [-0.39, 0.29) is 28.6 Å². The van der Waals surface area contributed by atoms with Gasteiger partial charge in [0.1, 0.15) is 0 Å². The van der Waals surface area contributed by atoms with Crippen LogP contribution >= 0.6 is 0 Å². The van der Waals surface area contributed by atoms with E-state index in [1.54, 1.807) is 13.8 Å². The minimum absolute atomic E-state index is 0. The molecule has 0 N–H and O–H groups in total. The van der Waals surface area contributed by atoms with Gasteiger partial charge in [0.05, 0.1) is 0 Å². The van der Waals surface area contributed by atoms with E-state index in [1.807, 2.05) is 13.8 Å². The molecule has 0 aromatic heterocycles. The molecule has 19 heavy (non-hydrogen) atoms. The minimum atomic E-state index is -0.927. The topological polar surface area (TPSA) is 80.3 Å². The smallest absolute Gasteiger partial charge is 0.550 e. The predicted octanol–water partition coefficient (Wildman–Crippen LogP) is 1.12. The summed E-state index contributed by atoms with van der Waals surface area (Å²) in [5.41, 5.74) is 0. The fourth-order valence-corrected chi connectivity index (χ4v) is 1.26. The fourth-order valence-electron chi connectivity index (χ4n) is 1.26. The van der Waals surface area contributed by atoms with Crippen molar-refractivity contribution < 1.29 is 36.6 Å². The number of carboxylic acids is 2. The zero-order valence-corrected chi connectivity index (χ0v) is 13.4. The molecule has 0 aliphatic rings. The van der Waals surface area contributed by atoms with Crippen LogP contribution in [-0.4, -0.2) is 11.9 Å². The Balaban J connectivity index is -0.000000256. The number of carbonyl (C=O) groups is 2. The van der Waals surface area contributed by atoms with Crippen molar-refractivity contribution in [3.63, 3.8) is 0 Å².